The zero-order chi connectivity index (χ0) is 23.3. The Morgan fingerprint density at radius 2 is 1.87 bits per heavy atom. The van der Waals surface area contributed by atoms with Crippen LogP contribution in [0.2, 0.25) is 0 Å². The predicted octanol–water partition coefficient (Wildman–Crippen LogP) is 4.01. The molecule has 0 saturated carbocycles. The number of rotatable bonds is 9. The number of nitrogens with one attached hydrogen (secondary N) is 1. The molecule has 1 amide bonds. The quantitative estimate of drug-likeness (QED) is 0.564. The van der Waals surface area contributed by atoms with Crippen molar-refractivity contribution in [1.82, 2.24) is 4.31 Å². The summed E-state index contributed by atoms with van der Waals surface area (Å²) in [5.41, 5.74) is 2.18. The Labute approximate surface area is 188 Å². The van der Waals surface area contributed by atoms with E-state index in [4.69, 9.17) is 4.74 Å². The monoisotopic (exact) mass is 466 g/mol. The van der Waals surface area contributed by atoms with E-state index in [9.17, 15) is 18.0 Å². The molecule has 170 valence electrons. The minimum Gasteiger partial charge on any atom is -0.448 e. The molecular formula is C22H30N2O5S2. The van der Waals surface area contributed by atoms with Gasteiger partial charge in [0.15, 0.2) is 6.10 Å². The highest BCUT2D eigenvalue weighted by molar-refractivity contribution is 7.89. The van der Waals surface area contributed by atoms with Crippen molar-refractivity contribution >= 4 is 38.9 Å². The topological polar surface area (TPSA) is 92.8 Å². The lowest BCUT2D eigenvalue weighted by atomic mass is 10.1. The van der Waals surface area contributed by atoms with Gasteiger partial charge in [0, 0.05) is 24.7 Å². The number of amides is 1. The van der Waals surface area contributed by atoms with E-state index in [0.29, 0.717) is 16.1 Å². The molecule has 1 aromatic heterocycles. The molecule has 0 saturated heterocycles. The predicted molar refractivity (Wildman–Crippen MR) is 123 cm³/mol. The van der Waals surface area contributed by atoms with Gasteiger partial charge < -0.3 is 10.1 Å². The van der Waals surface area contributed by atoms with Crippen molar-refractivity contribution in [2.75, 3.05) is 19.4 Å². The Bertz CT molecular complexity index is 1060. The highest BCUT2D eigenvalue weighted by atomic mass is 32.2. The Kier molecular flexibility index (Phi) is 8.39. The number of hydrogen-bond donors (Lipinski definition) is 1. The van der Waals surface area contributed by atoms with Gasteiger partial charge in [-0.2, -0.15) is 0 Å². The zero-order valence-corrected chi connectivity index (χ0v) is 20.4. The standard InChI is InChI=1S/C22H30N2O5S2/c1-7-9-19-16(8-2)12-20(30-19)22(26)29-15(4)21(25)23-18-13-17(11-10-14(18)3)31(27,28)24(5)6/h10-13,15H,7-9H2,1-6H3,(H,23,25). The molecule has 9 heteroatoms. The molecular weight excluding hydrogens is 436 g/mol. The van der Waals surface area contributed by atoms with Crippen LogP contribution >= 0.6 is 11.3 Å². The molecule has 0 radical (unpaired) electrons. The number of hydrogen-bond acceptors (Lipinski definition) is 6. The molecule has 0 spiro atoms. The van der Waals surface area contributed by atoms with E-state index in [1.54, 1.807) is 13.0 Å². The summed E-state index contributed by atoms with van der Waals surface area (Å²) in [6, 6.07) is 6.35. The molecule has 31 heavy (non-hydrogen) atoms. The number of carbonyl (C=O) groups excluding carboxylic acids is 2. The van der Waals surface area contributed by atoms with Gasteiger partial charge in [0.1, 0.15) is 4.88 Å². The summed E-state index contributed by atoms with van der Waals surface area (Å²) in [7, 11) is -0.759. The Morgan fingerprint density at radius 1 is 1.19 bits per heavy atom. The highest BCUT2D eigenvalue weighted by Crippen LogP contribution is 2.26. The third-order valence-electron chi connectivity index (χ3n) is 4.85. The molecule has 1 heterocycles. The van der Waals surface area contributed by atoms with Gasteiger partial charge in [0.05, 0.1) is 4.90 Å². The minimum atomic E-state index is -3.64. The van der Waals surface area contributed by atoms with E-state index < -0.39 is 28.0 Å². The van der Waals surface area contributed by atoms with E-state index in [1.165, 1.54) is 49.4 Å². The van der Waals surface area contributed by atoms with E-state index in [0.717, 1.165) is 29.1 Å². The first-order valence-corrected chi connectivity index (χ1v) is 12.4. The zero-order valence-electron chi connectivity index (χ0n) is 18.8. The minimum absolute atomic E-state index is 0.0668. The van der Waals surface area contributed by atoms with Crippen LogP contribution in [0.4, 0.5) is 5.69 Å². The van der Waals surface area contributed by atoms with Crippen molar-refractivity contribution in [2.24, 2.45) is 0 Å². The largest absolute Gasteiger partial charge is 0.448 e. The number of ether oxygens (including phenoxy) is 1. The van der Waals surface area contributed by atoms with Gasteiger partial charge in [-0.3, -0.25) is 4.79 Å². The highest BCUT2D eigenvalue weighted by Gasteiger charge is 2.23. The van der Waals surface area contributed by atoms with Crippen molar-refractivity contribution in [3.8, 4) is 0 Å². The van der Waals surface area contributed by atoms with Crippen molar-refractivity contribution < 1.29 is 22.7 Å². The van der Waals surface area contributed by atoms with Gasteiger partial charge >= 0.3 is 5.97 Å². The maximum atomic E-state index is 12.6. The van der Waals surface area contributed by atoms with E-state index in [-0.39, 0.29) is 4.90 Å². The second-order valence-electron chi connectivity index (χ2n) is 7.46. The van der Waals surface area contributed by atoms with Crippen LogP contribution < -0.4 is 5.32 Å². The molecule has 7 nitrogen and oxygen atoms in total. The number of nitrogens with zero attached hydrogens (tertiary/aromatic N) is 1. The lowest BCUT2D eigenvalue weighted by molar-refractivity contribution is -0.123. The van der Waals surface area contributed by atoms with E-state index in [2.05, 4.69) is 12.2 Å². The fraction of sp³-hybridized carbons (Fsp3) is 0.455. The van der Waals surface area contributed by atoms with Gasteiger partial charge in [0.25, 0.3) is 5.91 Å². The van der Waals surface area contributed by atoms with Gasteiger partial charge in [-0.05, 0) is 56.0 Å². The van der Waals surface area contributed by atoms with Crippen LogP contribution in [0.15, 0.2) is 29.2 Å². The van der Waals surface area contributed by atoms with Crippen LogP contribution in [0.3, 0.4) is 0 Å². The number of thiophene rings is 1. The summed E-state index contributed by atoms with van der Waals surface area (Å²) in [4.78, 5) is 26.9. The number of benzene rings is 1. The van der Waals surface area contributed by atoms with Crippen LogP contribution in [-0.4, -0.2) is 44.8 Å². The first-order valence-electron chi connectivity index (χ1n) is 10.2. The number of esters is 1. The molecule has 2 aromatic rings. The summed E-state index contributed by atoms with van der Waals surface area (Å²) in [6.07, 6.45) is 1.69. The number of aryl methyl sites for hydroxylation is 3. The van der Waals surface area contributed by atoms with Crippen LogP contribution in [0.25, 0.3) is 0 Å². The fourth-order valence-corrected chi connectivity index (χ4v) is 5.09. The lowest BCUT2D eigenvalue weighted by Crippen LogP contribution is -2.30. The Morgan fingerprint density at radius 3 is 2.45 bits per heavy atom. The molecule has 0 aliphatic heterocycles. The summed E-state index contributed by atoms with van der Waals surface area (Å²) >= 11 is 1.41. The Balaban J connectivity index is 2.13. The van der Waals surface area contributed by atoms with Gasteiger partial charge in [-0.25, -0.2) is 17.5 Å². The summed E-state index contributed by atoms with van der Waals surface area (Å²) in [6.45, 7) is 7.37. The summed E-state index contributed by atoms with van der Waals surface area (Å²) in [5, 5.41) is 2.67. The Hall–Kier alpha value is -2.23. The fourth-order valence-electron chi connectivity index (χ4n) is 2.92. The van der Waals surface area contributed by atoms with Gasteiger partial charge in [0.2, 0.25) is 10.0 Å². The first kappa shape index (κ1) is 25.0. The van der Waals surface area contributed by atoms with Gasteiger partial charge in [-0.1, -0.05) is 26.3 Å². The normalized spacial score (nSPS) is 12.6. The maximum Gasteiger partial charge on any atom is 0.349 e. The third kappa shape index (κ3) is 5.93. The van der Waals surface area contributed by atoms with Gasteiger partial charge in [-0.15, -0.1) is 11.3 Å². The van der Waals surface area contributed by atoms with E-state index >= 15 is 0 Å². The van der Waals surface area contributed by atoms with Crippen LogP contribution in [0.1, 0.15) is 52.9 Å². The van der Waals surface area contributed by atoms with Crippen molar-refractivity contribution in [3.63, 3.8) is 0 Å². The maximum absolute atomic E-state index is 12.6. The van der Waals surface area contributed by atoms with Crippen molar-refractivity contribution in [1.29, 1.82) is 0 Å². The third-order valence-corrected chi connectivity index (χ3v) is 7.88. The molecule has 0 aliphatic rings. The lowest BCUT2D eigenvalue weighted by Gasteiger charge is -2.16. The number of anilines is 1. The van der Waals surface area contributed by atoms with Crippen molar-refractivity contribution in [3.05, 3.63) is 45.1 Å². The van der Waals surface area contributed by atoms with Crippen LogP contribution in [-0.2, 0) is 32.4 Å². The van der Waals surface area contributed by atoms with Crippen LogP contribution in [0.5, 0.6) is 0 Å². The molecule has 2 rings (SSSR count). The molecule has 0 fully saturated rings. The second-order valence-corrected chi connectivity index (χ2v) is 10.8. The molecule has 1 unspecified atom stereocenters. The number of carbonyl (C=O) groups is 2. The molecule has 0 bridgehead atoms. The molecule has 1 aromatic carbocycles. The molecule has 1 N–H and O–H groups in total. The summed E-state index contributed by atoms with van der Waals surface area (Å²) in [5.74, 6) is -1.07. The van der Waals surface area contributed by atoms with Crippen molar-refractivity contribution in [2.45, 2.75) is 58.0 Å². The van der Waals surface area contributed by atoms with E-state index in [1.807, 2.05) is 13.0 Å². The number of sulfonamides is 1. The first-order chi connectivity index (χ1) is 14.5. The smallest absolute Gasteiger partial charge is 0.349 e. The molecule has 1 atom stereocenters. The SMILES string of the molecule is CCCc1sc(C(=O)OC(C)C(=O)Nc2cc(S(=O)(=O)N(C)C)ccc2C)cc1CC. The molecule has 0 aliphatic carbocycles. The average molecular weight is 467 g/mol. The second kappa shape index (κ2) is 10.4. The summed E-state index contributed by atoms with van der Waals surface area (Å²) < 4.78 is 31.2. The van der Waals surface area contributed by atoms with Crippen LogP contribution in [0, 0.1) is 6.92 Å². The average Bonchev–Trinajstić information content (AvgIpc) is 3.12.